The maximum atomic E-state index is 13.0. The highest BCUT2D eigenvalue weighted by molar-refractivity contribution is 5.93. The molecule has 1 unspecified atom stereocenters. The third kappa shape index (κ3) is 2.24. The van der Waals surface area contributed by atoms with Crippen molar-refractivity contribution >= 4 is 17.7 Å². The molecule has 96 valence electrons. The standard InChI is InChI=1S/C11H12FN3O3/c12-7-3-8(11(17)18)10(14-4-7)15-2-1-6(5-15)9(13)16/h3-4,6H,1-2,5H2,(H2,13,16)(H,17,18). The summed E-state index contributed by atoms with van der Waals surface area (Å²) in [6.07, 6.45) is 1.51. The summed E-state index contributed by atoms with van der Waals surface area (Å²) in [5.74, 6) is -2.52. The van der Waals surface area contributed by atoms with Crippen LogP contribution in [0, 0.1) is 11.7 Å². The molecule has 0 spiro atoms. The van der Waals surface area contributed by atoms with E-state index in [1.807, 2.05) is 0 Å². The van der Waals surface area contributed by atoms with Crippen molar-refractivity contribution in [3.63, 3.8) is 0 Å². The molecule has 1 fully saturated rings. The summed E-state index contributed by atoms with van der Waals surface area (Å²) in [6, 6.07) is 0.919. The number of nitrogens with two attached hydrogens (primary N) is 1. The molecule has 0 saturated carbocycles. The molecular formula is C11H12FN3O3. The number of hydrogen-bond donors (Lipinski definition) is 2. The minimum absolute atomic E-state index is 0.174. The first kappa shape index (κ1) is 12.3. The number of aromatic nitrogens is 1. The zero-order chi connectivity index (χ0) is 13.3. The molecule has 1 aromatic rings. The minimum Gasteiger partial charge on any atom is -0.478 e. The second-order valence-corrected chi connectivity index (χ2v) is 4.16. The number of nitrogens with zero attached hydrogens (tertiary/aromatic N) is 2. The first-order valence-corrected chi connectivity index (χ1v) is 5.42. The summed E-state index contributed by atoms with van der Waals surface area (Å²) < 4.78 is 13.0. The predicted octanol–water partition coefficient (Wildman–Crippen LogP) is 0.230. The fraction of sp³-hybridized carbons (Fsp3) is 0.364. The van der Waals surface area contributed by atoms with Crippen molar-refractivity contribution in [2.45, 2.75) is 6.42 Å². The molecule has 2 heterocycles. The van der Waals surface area contributed by atoms with E-state index >= 15 is 0 Å². The molecule has 0 radical (unpaired) electrons. The molecule has 1 aliphatic rings. The third-order valence-electron chi connectivity index (χ3n) is 2.95. The molecule has 1 atom stereocenters. The number of carboxylic acid groups (broad SMARTS) is 1. The van der Waals surface area contributed by atoms with Crippen LogP contribution >= 0.6 is 0 Å². The topological polar surface area (TPSA) is 96.5 Å². The molecule has 7 heteroatoms. The van der Waals surface area contributed by atoms with E-state index in [9.17, 15) is 14.0 Å². The molecule has 1 saturated heterocycles. The van der Waals surface area contributed by atoms with Crippen molar-refractivity contribution in [1.82, 2.24) is 4.98 Å². The highest BCUT2D eigenvalue weighted by Crippen LogP contribution is 2.25. The molecule has 18 heavy (non-hydrogen) atoms. The van der Waals surface area contributed by atoms with Gasteiger partial charge in [0.2, 0.25) is 5.91 Å². The van der Waals surface area contributed by atoms with E-state index in [1.165, 1.54) is 0 Å². The van der Waals surface area contributed by atoms with Crippen LogP contribution in [0.4, 0.5) is 10.2 Å². The van der Waals surface area contributed by atoms with Crippen molar-refractivity contribution in [2.24, 2.45) is 11.7 Å². The number of hydrogen-bond acceptors (Lipinski definition) is 4. The number of amides is 1. The SMILES string of the molecule is NC(=O)C1CCN(c2ncc(F)cc2C(=O)O)C1. The van der Waals surface area contributed by atoms with E-state index in [1.54, 1.807) is 4.90 Å². The Bertz CT molecular complexity index is 506. The molecule has 1 aliphatic heterocycles. The molecule has 0 aliphatic carbocycles. The molecule has 0 bridgehead atoms. The molecule has 6 nitrogen and oxygen atoms in total. The normalized spacial score (nSPS) is 18.9. The average molecular weight is 253 g/mol. The zero-order valence-corrected chi connectivity index (χ0v) is 9.47. The van der Waals surface area contributed by atoms with Crippen molar-refractivity contribution < 1.29 is 19.1 Å². The Hall–Kier alpha value is -2.18. The van der Waals surface area contributed by atoms with E-state index < -0.39 is 17.7 Å². The fourth-order valence-corrected chi connectivity index (χ4v) is 2.03. The lowest BCUT2D eigenvalue weighted by atomic mass is 10.1. The van der Waals surface area contributed by atoms with Gasteiger partial charge >= 0.3 is 5.97 Å². The van der Waals surface area contributed by atoms with Gasteiger partial charge in [0.1, 0.15) is 17.2 Å². The average Bonchev–Trinajstić information content (AvgIpc) is 2.78. The van der Waals surface area contributed by atoms with Gasteiger partial charge in [-0.3, -0.25) is 4.79 Å². The van der Waals surface area contributed by atoms with E-state index in [2.05, 4.69) is 4.98 Å². The molecule has 1 aromatic heterocycles. The Balaban J connectivity index is 2.29. The van der Waals surface area contributed by atoms with Gasteiger partial charge in [-0.25, -0.2) is 14.2 Å². The molecule has 1 amide bonds. The third-order valence-corrected chi connectivity index (χ3v) is 2.95. The molecule has 0 aromatic carbocycles. The summed E-state index contributed by atoms with van der Waals surface area (Å²) in [6.45, 7) is 0.792. The van der Waals surface area contributed by atoms with Crippen molar-refractivity contribution in [1.29, 1.82) is 0 Å². The van der Waals surface area contributed by atoms with Crippen molar-refractivity contribution in [3.8, 4) is 0 Å². The lowest BCUT2D eigenvalue weighted by molar-refractivity contribution is -0.121. The van der Waals surface area contributed by atoms with E-state index in [-0.39, 0.29) is 17.3 Å². The van der Waals surface area contributed by atoms with Gasteiger partial charge in [0.05, 0.1) is 12.1 Å². The molecular weight excluding hydrogens is 241 g/mol. The number of aromatic carboxylic acids is 1. The monoisotopic (exact) mass is 253 g/mol. The first-order valence-electron chi connectivity index (χ1n) is 5.42. The maximum absolute atomic E-state index is 13.0. The van der Waals surface area contributed by atoms with Gasteiger partial charge < -0.3 is 15.7 Å². The van der Waals surface area contributed by atoms with Crippen LogP contribution in [0.2, 0.25) is 0 Å². The Morgan fingerprint density at radius 3 is 2.83 bits per heavy atom. The maximum Gasteiger partial charge on any atom is 0.339 e. The zero-order valence-electron chi connectivity index (χ0n) is 9.47. The predicted molar refractivity (Wildman–Crippen MR) is 60.7 cm³/mol. The summed E-state index contributed by atoms with van der Waals surface area (Å²) >= 11 is 0. The number of anilines is 1. The van der Waals surface area contributed by atoms with Crippen molar-refractivity contribution in [3.05, 3.63) is 23.6 Å². The van der Waals surface area contributed by atoms with E-state index in [0.717, 1.165) is 12.3 Å². The number of carbonyl (C=O) groups is 2. The smallest absolute Gasteiger partial charge is 0.339 e. The van der Waals surface area contributed by atoms with Crippen molar-refractivity contribution in [2.75, 3.05) is 18.0 Å². The number of carbonyl (C=O) groups excluding carboxylic acids is 1. The quantitative estimate of drug-likeness (QED) is 0.803. The Morgan fingerprint density at radius 1 is 1.56 bits per heavy atom. The lowest BCUT2D eigenvalue weighted by Crippen LogP contribution is -2.28. The largest absolute Gasteiger partial charge is 0.478 e. The van der Waals surface area contributed by atoms with Gasteiger partial charge in [0.25, 0.3) is 0 Å². The number of pyridine rings is 1. The summed E-state index contributed by atoms with van der Waals surface area (Å²) in [5, 5.41) is 9.00. The van der Waals surface area contributed by atoms with Crippen LogP contribution in [-0.2, 0) is 4.79 Å². The number of primary amides is 1. The van der Waals surface area contributed by atoms with Crippen LogP contribution in [-0.4, -0.2) is 35.1 Å². The second-order valence-electron chi connectivity index (χ2n) is 4.16. The minimum atomic E-state index is -1.25. The van der Waals surface area contributed by atoms with Gasteiger partial charge in [-0.05, 0) is 12.5 Å². The summed E-state index contributed by atoms with van der Waals surface area (Å²) in [4.78, 5) is 27.5. The van der Waals surface area contributed by atoms with Crippen LogP contribution in [0.3, 0.4) is 0 Å². The Kier molecular flexibility index (Phi) is 3.14. The van der Waals surface area contributed by atoms with Gasteiger partial charge in [-0.2, -0.15) is 0 Å². The van der Waals surface area contributed by atoms with Gasteiger partial charge in [0.15, 0.2) is 0 Å². The van der Waals surface area contributed by atoms with Crippen LogP contribution in [0.1, 0.15) is 16.8 Å². The number of halogens is 1. The molecule has 3 N–H and O–H groups in total. The first-order chi connectivity index (χ1) is 8.49. The van der Waals surface area contributed by atoms with E-state index in [0.29, 0.717) is 19.5 Å². The highest BCUT2D eigenvalue weighted by Gasteiger charge is 2.29. The Morgan fingerprint density at radius 2 is 2.28 bits per heavy atom. The van der Waals surface area contributed by atoms with Crippen LogP contribution < -0.4 is 10.6 Å². The Labute approximate surface area is 102 Å². The van der Waals surface area contributed by atoms with Gasteiger partial charge in [-0.15, -0.1) is 0 Å². The van der Waals surface area contributed by atoms with Crippen LogP contribution in [0.15, 0.2) is 12.3 Å². The number of rotatable bonds is 3. The van der Waals surface area contributed by atoms with Crippen LogP contribution in [0.25, 0.3) is 0 Å². The lowest BCUT2D eigenvalue weighted by Gasteiger charge is -2.18. The second kappa shape index (κ2) is 4.59. The summed E-state index contributed by atoms with van der Waals surface area (Å²) in [7, 11) is 0. The number of carboxylic acids is 1. The molecule has 2 rings (SSSR count). The van der Waals surface area contributed by atoms with E-state index in [4.69, 9.17) is 10.8 Å². The van der Waals surface area contributed by atoms with Crippen LogP contribution in [0.5, 0.6) is 0 Å². The van der Waals surface area contributed by atoms with Gasteiger partial charge in [0, 0.05) is 13.1 Å². The van der Waals surface area contributed by atoms with Gasteiger partial charge in [-0.1, -0.05) is 0 Å². The summed E-state index contributed by atoms with van der Waals surface area (Å²) in [5.41, 5.74) is 4.99. The highest BCUT2D eigenvalue weighted by atomic mass is 19.1. The fourth-order valence-electron chi connectivity index (χ4n) is 2.03.